The maximum Gasteiger partial charge on any atom is 0.255 e. The summed E-state index contributed by atoms with van der Waals surface area (Å²) in [4.78, 5) is 14.0. The van der Waals surface area contributed by atoms with Gasteiger partial charge < -0.3 is 4.90 Å². The van der Waals surface area contributed by atoms with Crippen molar-refractivity contribution >= 4 is 21.8 Å². The average molecular weight is 325 g/mol. The number of rotatable bonds is 1. The third-order valence-corrected chi connectivity index (χ3v) is 4.08. The molecular weight excluding hydrogens is 311 g/mol. The van der Waals surface area contributed by atoms with Crippen LogP contribution in [0.2, 0.25) is 0 Å². The Kier molecular flexibility index (Phi) is 3.91. The fourth-order valence-corrected chi connectivity index (χ4v) is 2.65. The fourth-order valence-electron chi connectivity index (χ4n) is 2.10. The van der Waals surface area contributed by atoms with Crippen molar-refractivity contribution < 1.29 is 9.18 Å². The highest BCUT2D eigenvalue weighted by molar-refractivity contribution is 9.10. The molecule has 0 atom stereocenters. The number of carbonyl (C=O) groups is 1. The third kappa shape index (κ3) is 3.13. The quantitative estimate of drug-likeness (QED) is 0.795. The van der Waals surface area contributed by atoms with Gasteiger partial charge in [-0.05, 0) is 53.9 Å². The molecule has 19 heavy (non-hydrogen) atoms. The molecular formula is C14H14BrFN2O. The molecule has 1 fully saturated rings. The predicted octanol–water partition coefficient (Wildman–Crippen LogP) is 3.28. The topological polar surface area (TPSA) is 44.1 Å². The summed E-state index contributed by atoms with van der Waals surface area (Å²) >= 11 is 3.30. The molecule has 1 saturated heterocycles. The van der Waals surface area contributed by atoms with E-state index >= 15 is 0 Å². The summed E-state index contributed by atoms with van der Waals surface area (Å²) in [6.45, 7) is 2.43. The lowest BCUT2D eigenvalue weighted by molar-refractivity contribution is 0.0503. The number of likely N-dealkylation sites (tertiary alicyclic amines) is 1. The number of halogens is 2. The molecule has 0 aromatic heterocycles. The van der Waals surface area contributed by atoms with Gasteiger partial charge in [0.2, 0.25) is 0 Å². The maximum absolute atomic E-state index is 13.7. The molecule has 1 amide bonds. The second-order valence-electron chi connectivity index (χ2n) is 5.01. The van der Waals surface area contributed by atoms with E-state index in [4.69, 9.17) is 5.26 Å². The Morgan fingerprint density at radius 2 is 2.11 bits per heavy atom. The van der Waals surface area contributed by atoms with Crippen LogP contribution in [0.3, 0.4) is 0 Å². The number of alkyl halides is 1. The molecule has 1 aliphatic rings. The average Bonchev–Trinajstić information content (AvgIpc) is 2.37. The summed E-state index contributed by atoms with van der Waals surface area (Å²) in [5.41, 5.74) is -0.154. The summed E-state index contributed by atoms with van der Waals surface area (Å²) in [7, 11) is 0. The van der Waals surface area contributed by atoms with Crippen LogP contribution in [0, 0.1) is 11.3 Å². The van der Waals surface area contributed by atoms with Crippen molar-refractivity contribution in [3.05, 3.63) is 33.8 Å². The Labute approximate surface area is 120 Å². The van der Waals surface area contributed by atoms with Crippen LogP contribution in [0.5, 0.6) is 0 Å². The zero-order valence-electron chi connectivity index (χ0n) is 10.6. The van der Waals surface area contributed by atoms with Gasteiger partial charge in [0, 0.05) is 17.6 Å². The van der Waals surface area contributed by atoms with Crippen molar-refractivity contribution in [2.75, 3.05) is 13.1 Å². The molecule has 0 aliphatic carbocycles. The molecule has 1 heterocycles. The number of piperidine rings is 1. The Morgan fingerprint density at radius 3 is 2.63 bits per heavy atom. The van der Waals surface area contributed by atoms with E-state index in [9.17, 15) is 9.18 Å². The zero-order valence-corrected chi connectivity index (χ0v) is 12.2. The van der Waals surface area contributed by atoms with E-state index in [1.165, 1.54) is 0 Å². The van der Waals surface area contributed by atoms with E-state index in [1.807, 2.05) is 6.07 Å². The van der Waals surface area contributed by atoms with E-state index in [2.05, 4.69) is 15.9 Å². The monoisotopic (exact) mass is 324 g/mol. The molecule has 0 saturated carbocycles. The van der Waals surface area contributed by atoms with Crippen LogP contribution in [0.15, 0.2) is 22.7 Å². The highest BCUT2D eigenvalue weighted by Gasteiger charge is 2.32. The fraction of sp³-hybridized carbons (Fsp3) is 0.429. The van der Waals surface area contributed by atoms with Crippen molar-refractivity contribution in [2.24, 2.45) is 0 Å². The Morgan fingerprint density at radius 1 is 1.47 bits per heavy atom. The first kappa shape index (κ1) is 14.0. The van der Waals surface area contributed by atoms with Crippen molar-refractivity contribution in [3.63, 3.8) is 0 Å². The predicted molar refractivity (Wildman–Crippen MR) is 73.5 cm³/mol. The van der Waals surface area contributed by atoms with Crippen LogP contribution in [-0.2, 0) is 0 Å². The molecule has 1 aromatic rings. The van der Waals surface area contributed by atoms with Crippen LogP contribution >= 0.6 is 15.9 Å². The van der Waals surface area contributed by atoms with Crippen molar-refractivity contribution in [1.29, 1.82) is 5.26 Å². The lowest BCUT2D eigenvalue weighted by Gasteiger charge is -2.34. The van der Waals surface area contributed by atoms with Crippen molar-refractivity contribution in [3.8, 4) is 6.07 Å². The van der Waals surface area contributed by atoms with Crippen LogP contribution in [0.1, 0.15) is 35.7 Å². The lowest BCUT2D eigenvalue weighted by atomic mass is 9.95. The number of hydrogen-bond donors (Lipinski definition) is 0. The molecule has 0 bridgehead atoms. The molecule has 0 radical (unpaired) electrons. The van der Waals surface area contributed by atoms with Gasteiger partial charge in [0.05, 0.1) is 17.2 Å². The summed E-state index contributed by atoms with van der Waals surface area (Å²) in [6.07, 6.45) is 0.735. The standard InChI is InChI=1S/C14H14BrFN2O/c1-14(16)4-6-18(7-5-14)13(19)11-3-2-10(9-17)8-12(11)15/h2-3,8H,4-7H2,1H3. The number of hydrogen-bond acceptors (Lipinski definition) is 2. The number of benzene rings is 1. The number of nitrogens with zero attached hydrogens (tertiary/aromatic N) is 2. The summed E-state index contributed by atoms with van der Waals surface area (Å²) in [5.74, 6) is -0.119. The van der Waals surface area contributed by atoms with Crippen LogP contribution < -0.4 is 0 Å². The Bertz CT molecular complexity index is 541. The molecule has 0 unspecified atom stereocenters. The third-order valence-electron chi connectivity index (χ3n) is 3.42. The normalized spacial score (nSPS) is 17.9. The van der Waals surface area contributed by atoms with Crippen molar-refractivity contribution in [2.45, 2.75) is 25.4 Å². The molecule has 1 aromatic carbocycles. The highest BCUT2D eigenvalue weighted by atomic mass is 79.9. The van der Waals surface area contributed by atoms with Gasteiger partial charge in [-0.25, -0.2) is 4.39 Å². The maximum atomic E-state index is 13.7. The van der Waals surface area contributed by atoms with E-state index in [0.717, 1.165) is 0 Å². The van der Waals surface area contributed by atoms with Gasteiger partial charge in [-0.15, -0.1) is 0 Å². The minimum Gasteiger partial charge on any atom is -0.338 e. The second-order valence-corrected chi connectivity index (χ2v) is 5.87. The largest absolute Gasteiger partial charge is 0.338 e. The lowest BCUT2D eigenvalue weighted by Crippen LogP contribution is -2.43. The molecule has 0 N–H and O–H groups in total. The number of carbonyl (C=O) groups excluding carboxylic acids is 1. The van der Waals surface area contributed by atoms with Crippen LogP contribution in [0.4, 0.5) is 4.39 Å². The SMILES string of the molecule is CC1(F)CCN(C(=O)c2ccc(C#N)cc2Br)CC1. The van der Waals surface area contributed by atoms with Gasteiger partial charge in [0.1, 0.15) is 5.67 Å². The first-order valence-electron chi connectivity index (χ1n) is 6.11. The van der Waals surface area contributed by atoms with E-state index in [-0.39, 0.29) is 5.91 Å². The van der Waals surface area contributed by atoms with Crippen molar-refractivity contribution in [1.82, 2.24) is 4.90 Å². The summed E-state index contributed by atoms with van der Waals surface area (Å²) < 4.78 is 14.3. The molecule has 3 nitrogen and oxygen atoms in total. The smallest absolute Gasteiger partial charge is 0.255 e. The second kappa shape index (κ2) is 5.30. The van der Waals surface area contributed by atoms with Gasteiger partial charge in [-0.3, -0.25) is 4.79 Å². The minimum absolute atomic E-state index is 0.119. The number of nitriles is 1. The van der Waals surface area contributed by atoms with E-state index < -0.39 is 5.67 Å². The molecule has 2 rings (SSSR count). The molecule has 0 spiro atoms. The Balaban J connectivity index is 2.15. The van der Waals surface area contributed by atoms with Gasteiger partial charge in [-0.2, -0.15) is 5.26 Å². The van der Waals surface area contributed by atoms with Gasteiger partial charge in [0.25, 0.3) is 5.91 Å². The summed E-state index contributed by atoms with van der Waals surface area (Å²) in [5, 5.41) is 8.79. The highest BCUT2D eigenvalue weighted by Crippen LogP contribution is 2.28. The molecule has 5 heteroatoms. The van der Waals surface area contributed by atoms with E-state index in [1.54, 1.807) is 30.0 Å². The minimum atomic E-state index is -1.17. The summed E-state index contributed by atoms with van der Waals surface area (Å²) in [6, 6.07) is 6.89. The van der Waals surface area contributed by atoms with Gasteiger partial charge in [-0.1, -0.05) is 0 Å². The van der Waals surface area contributed by atoms with Crippen LogP contribution in [0.25, 0.3) is 0 Å². The first-order valence-corrected chi connectivity index (χ1v) is 6.90. The van der Waals surface area contributed by atoms with Gasteiger partial charge >= 0.3 is 0 Å². The zero-order chi connectivity index (χ0) is 14.0. The molecule has 100 valence electrons. The Hall–Kier alpha value is -1.41. The molecule has 1 aliphatic heterocycles. The van der Waals surface area contributed by atoms with Crippen LogP contribution in [-0.4, -0.2) is 29.6 Å². The van der Waals surface area contributed by atoms with Gasteiger partial charge in [0.15, 0.2) is 0 Å². The number of amides is 1. The van der Waals surface area contributed by atoms with E-state index in [0.29, 0.717) is 41.5 Å². The first-order chi connectivity index (χ1) is 8.93.